The first-order valence-electron chi connectivity index (χ1n) is 7.99. The fourth-order valence-electron chi connectivity index (χ4n) is 3.04. The minimum absolute atomic E-state index is 0.0453. The summed E-state index contributed by atoms with van der Waals surface area (Å²) in [4.78, 5) is 21.1. The Hall–Kier alpha value is -2.96. The van der Waals surface area contributed by atoms with Gasteiger partial charge < -0.3 is 10.6 Å². The quantitative estimate of drug-likeness (QED) is 0.758. The number of amides is 2. The highest BCUT2D eigenvalue weighted by atomic mass is 16.2. The smallest absolute Gasteiger partial charge is 0.319 e. The molecule has 0 unspecified atom stereocenters. The van der Waals surface area contributed by atoms with E-state index < -0.39 is 0 Å². The Morgan fingerprint density at radius 2 is 2.21 bits per heavy atom. The zero-order valence-corrected chi connectivity index (χ0v) is 13.4. The van der Waals surface area contributed by atoms with E-state index in [-0.39, 0.29) is 12.1 Å². The standard InChI is InChI=1S/C17H18N6O/c1-11-5-6-12-3-2-4-14(16(12)20-11)22-17(24)21-13-7-8-15-18-10-19-23(15)9-13/h2-6,10,13H,7-9H2,1H3,(H2,21,22,24)/t13-/m0/s1. The average molecular weight is 322 g/mol. The van der Waals surface area contributed by atoms with Crippen LogP contribution in [0.2, 0.25) is 0 Å². The van der Waals surface area contributed by atoms with E-state index in [1.165, 1.54) is 0 Å². The molecule has 24 heavy (non-hydrogen) atoms. The Kier molecular flexibility index (Phi) is 3.60. The molecule has 3 aromatic rings. The van der Waals surface area contributed by atoms with Gasteiger partial charge in [-0.2, -0.15) is 5.10 Å². The van der Waals surface area contributed by atoms with Crippen LogP contribution >= 0.6 is 0 Å². The third-order valence-corrected chi connectivity index (χ3v) is 4.25. The van der Waals surface area contributed by atoms with Gasteiger partial charge in [0, 0.05) is 17.5 Å². The molecule has 1 atom stereocenters. The molecule has 0 radical (unpaired) electrons. The van der Waals surface area contributed by atoms with Crippen LogP contribution in [0.25, 0.3) is 10.9 Å². The highest BCUT2D eigenvalue weighted by Crippen LogP contribution is 2.21. The maximum absolute atomic E-state index is 12.4. The van der Waals surface area contributed by atoms with Crippen molar-refractivity contribution in [3.63, 3.8) is 0 Å². The van der Waals surface area contributed by atoms with Crippen molar-refractivity contribution in [2.24, 2.45) is 0 Å². The minimum Gasteiger partial charge on any atom is -0.333 e. The summed E-state index contributed by atoms with van der Waals surface area (Å²) in [5, 5.41) is 11.1. The van der Waals surface area contributed by atoms with E-state index in [0.29, 0.717) is 12.2 Å². The molecule has 122 valence electrons. The first-order chi connectivity index (χ1) is 11.7. The number of aryl methyl sites for hydroxylation is 2. The molecular formula is C17H18N6O. The predicted molar refractivity (Wildman–Crippen MR) is 90.8 cm³/mol. The molecule has 0 spiro atoms. The van der Waals surface area contributed by atoms with Crippen molar-refractivity contribution in [1.29, 1.82) is 0 Å². The van der Waals surface area contributed by atoms with E-state index in [4.69, 9.17) is 0 Å². The third-order valence-electron chi connectivity index (χ3n) is 4.25. The van der Waals surface area contributed by atoms with Crippen LogP contribution in [0.4, 0.5) is 10.5 Å². The number of aromatic nitrogens is 4. The van der Waals surface area contributed by atoms with E-state index in [1.54, 1.807) is 6.33 Å². The van der Waals surface area contributed by atoms with Gasteiger partial charge in [-0.1, -0.05) is 18.2 Å². The number of carbonyl (C=O) groups is 1. The number of rotatable bonds is 2. The Labute approximate surface area is 139 Å². The van der Waals surface area contributed by atoms with Gasteiger partial charge in [0.15, 0.2) is 0 Å². The number of pyridine rings is 1. The van der Waals surface area contributed by atoms with E-state index in [2.05, 4.69) is 25.7 Å². The van der Waals surface area contributed by atoms with Gasteiger partial charge >= 0.3 is 6.03 Å². The van der Waals surface area contributed by atoms with Gasteiger partial charge in [-0.15, -0.1) is 0 Å². The summed E-state index contributed by atoms with van der Waals surface area (Å²) in [6.07, 6.45) is 3.24. The highest BCUT2D eigenvalue weighted by Gasteiger charge is 2.21. The molecule has 2 N–H and O–H groups in total. The summed E-state index contributed by atoms with van der Waals surface area (Å²) in [7, 11) is 0. The molecule has 7 heteroatoms. The van der Waals surface area contributed by atoms with E-state index in [1.807, 2.05) is 41.9 Å². The third kappa shape index (κ3) is 2.80. The molecule has 7 nitrogen and oxygen atoms in total. The van der Waals surface area contributed by atoms with E-state index in [9.17, 15) is 4.79 Å². The first kappa shape index (κ1) is 14.6. The van der Waals surface area contributed by atoms with Crippen LogP contribution in [0.3, 0.4) is 0 Å². The van der Waals surface area contributed by atoms with Crippen molar-refractivity contribution in [2.75, 3.05) is 5.32 Å². The zero-order valence-electron chi connectivity index (χ0n) is 13.4. The number of hydrogen-bond donors (Lipinski definition) is 2. The maximum Gasteiger partial charge on any atom is 0.319 e. The lowest BCUT2D eigenvalue weighted by Gasteiger charge is -2.23. The number of fused-ring (bicyclic) bond motifs is 2. The monoisotopic (exact) mass is 322 g/mol. The molecule has 0 saturated heterocycles. The summed E-state index contributed by atoms with van der Waals surface area (Å²) in [5.41, 5.74) is 2.43. The SMILES string of the molecule is Cc1ccc2cccc(NC(=O)N[C@H]3CCc4ncnn4C3)c2n1. The van der Waals surface area contributed by atoms with Crippen LogP contribution in [-0.2, 0) is 13.0 Å². The molecule has 2 aromatic heterocycles. The van der Waals surface area contributed by atoms with Gasteiger partial charge in [0.25, 0.3) is 0 Å². The Balaban J connectivity index is 1.48. The Bertz CT molecular complexity index is 903. The van der Waals surface area contributed by atoms with Crippen molar-refractivity contribution < 1.29 is 4.79 Å². The number of urea groups is 1. The van der Waals surface area contributed by atoms with Crippen molar-refractivity contribution in [2.45, 2.75) is 32.4 Å². The molecular weight excluding hydrogens is 304 g/mol. The molecule has 0 aliphatic carbocycles. The van der Waals surface area contributed by atoms with E-state index >= 15 is 0 Å². The molecule has 0 fully saturated rings. The van der Waals surface area contributed by atoms with Crippen LogP contribution in [0.1, 0.15) is 17.9 Å². The van der Waals surface area contributed by atoms with Gasteiger partial charge in [-0.25, -0.2) is 14.5 Å². The van der Waals surface area contributed by atoms with Gasteiger partial charge in [0.1, 0.15) is 12.2 Å². The topological polar surface area (TPSA) is 84.7 Å². The first-order valence-corrected chi connectivity index (χ1v) is 7.99. The van der Waals surface area contributed by atoms with Gasteiger partial charge in [0.2, 0.25) is 0 Å². The van der Waals surface area contributed by atoms with Crippen molar-refractivity contribution in [1.82, 2.24) is 25.1 Å². The van der Waals surface area contributed by atoms with Crippen molar-refractivity contribution in [3.8, 4) is 0 Å². The molecule has 1 aliphatic heterocycles. The number of anilines is 1. The average Bonchev–Trinajstić information content (AvgIpc) is 3.03. The molecule has 1 aliphatic rings. The number of nitrogens with zero attached hydrogens (tertiary/aromatic N) is 4. The molecule has 3 heterocycles. The highest BCUT2D eigenvalue weighted by molar-refractivity contribution is 5.99. The fraction of sp³-hybridized carbons (Fsp3) is 0.294. The number of carbonyl (C=O) groups excluding carboxylic acids is 1. The zero-order chi connectivity index (χ0) is 16.5. The molecule has 2 amide bonds. The van der Waals surface area contributed by atoms with E-state index in [0.717, 1.165) is 35.3 Å². The molecule has 0 bridgehead atoms. The van der Waals surface area contributed by atoms with Crippen LogP contribution in [-0.4, -0.2) is 31.8 Å². The largest absolute Gasteiger partial charge is 0.333 e. The summed E-state index contributed by atoms with van der Waals surface area (Å²) >= 11 is 0. The Morgan fingerprint density at radius 3 is 3.12 bits per heavy atom. The lowest BCUT2D eigenvalue weighted by atomic mass is 10.1. The minimum atomic E-state index is -0.223. The summed E-state index contributed by atoms with van der Waals surface area (Å²) in [5.74, 6) is 0.974. The normalized spacial score (nSPS) is 16.6. The van der Waals surface area contributed by atoms with Gasteiger partial charge in [0.05, 0.1) is 23.8 Å². The lowest BCUT2D eigenvalue weighted by molar-refractivity contribution is 0.243. The number of para-hydroxylation sites is 1. The van der Waals surface area contributed by atoms with Crippen molar-refractivity contribution in [3.05, 3.63) is 48.2 Å². The van der Waals surface area contributed by atoms with Crippen LogP contribution in [0.15, 0.2) is 36.7 Å². The Morgan fingerprint density at radius 1 is 1.29 bits per heavy atom. The second-order valence-electron chi connectivity index (χ2n) is 6.02. The van der Waals surface area contributed by atoms with Gasteiger partial charge in [-0.05, 0) is 25.5 Å². The number of hydrogen-bond acceptors (Lipinski definition) is 4. The van der Waals surface area contributed by atoms with Gasteiger partial charge in [-0.3, -0.25) is 4.98 Å². The summed E-state index contributed by atoms with van der Waals surface area (Å²) < 4.78 is 1.84. The second kappa shape index (κ2) is 5.92. The van der Waals surface area contributed by atoms with Crippen molar-refractivity contribution >= 4 is 22.6 Å². The number of nitrogens with one attached hydrogen (secondary N) is 2. The fourth-order valence-corrected chi connectivity index (χ4v) is 3.04. The van der Waals surface area contributed by atoms with Crippen LogP contribution in [0, 0.1) is 6.92 Å². The molecule has 4 rings (SSSR count). The molecule has 0 saturated carbocycles. The summed E-state index contributed by atoms with van der Waals surface area (Å²) in [6, 6.07) is 9.56. The lowest BCUT2D eigenvalue weighted by Crippen LogP contribution is -2.43. The number of benzene rings is 1. The van der Waals surface area contributed by atoms with Crippen LogP contribution < -0.4 is 10.6 Å². The van der Waals surface area contributed by atoms with Crippen LogP contribution in [0.5, 0.6) is 0 Å². The molecule has 1 aromatic carbocycles. The summed E-state index contributed by atoms with van der Waals surface area (Å²) in [6.45, 7) is 2.59. The second-order valence-corrected chi connectivity index (χ2v) is 6.02. The maximum atomic E-state index is 12.4. The predicted octanol–water partition coefficient (Wildman–Crippen LogP) is 2.27.